The number of nitrogens with two attached hydrogens (primary N) is 1. The zero-order valence-corrected chi connectivity index (χ0v) is 12.0. The third kappa shape index (κ3) is 4.71. The van der Waals surface area contributed by atoms with Crippen LogP contribution >= 0.6 is 11.8 Å². The minimum atomic E-state index is -5.76. The van der Waals surface area contributed by atoms with Crippen molar-refractivity contribution >= 4 is 27.7 Å². The Bertz CT molecular complexity index is 563. The lowest BCUT2D eigenvalue weighted by Crippen LogP contribution is -2.28. The van der Waals surface area contributed by atoms with Crippen LogP contribution in [-0.4, -0.2) is 29.6 Å². The molecule has 0 aliphatic heterocycles. The van der Waals surface area contributed by atoms with Crippen molar-refractivity contribution in [1.29, 1.82) is 0 Å². The van der Waals surface area contributed by atoms with E-state index in [-0.39, 0.29) is 11.0 Å². The van der Waals surface area contributed by atoms with Gasteiger partial charge in [0.1, 0.15) is 5.82 Å². The summed E-state index contributed by atoms with van der Waals surface area (Å²) in [5.41, 5.74) is -0.155. The van der Waals surface area contributed by atoms with E-state index in [1.165, 1.54) is 0 Å². The van der Waals surface area contributed by atoms with E-state index in [0.29, 0.717) is 5.75 Å². The lowest BCUT2D eigenvalue weighted by molar-refractivity contribution is -0.0501. The van der Waals surface area contributed by atoms with Crippen molar-refractivity contribution in [3.63, 3.8) is 0 Å². The van der Waals surface area contributed by atoms with Crippen molar-refractivity contribution < 1.29 is 25.8 Å². The zero-order valence-electron chi connectivity index (χ0n) is 10.3. The van der Waals surface area contributed by atoms with Gasteiger partial charge in [0.05, 0.1) is 0 Å². The van der Waals surface area contributed by atoms with Crippen LogP contribution in [0.4, 0.5) is 19.0 Å². The number of nitrogens with zero attached hydrogens (tertiary/aromatic N) is 2. The molecule has 1 aromatic heterocycles. The smallest absolute Gasteiger partial charge is 0.383 e. The SMILES string of the molecule is CCCCSc1nc(N)cc(OS(=O)(=O)C(F)(F)F)n1. The summed E-state index contributed by atoms with van der Waals surface area (Å²) in [6.45, 7) is 1.96. The monoisotopic (exact) mass is 331 g/mol. The van der Waals surface area contributed by atoms with Crippen molar-refractivity contribution in [2.24, 2.45) is 0 Å². The molecular formula is C9H12F3N3O3S2. The number of unbranched alkanes of at least 4 members (excludes halogenated alkanes) is 1. The summed E-state index contributed by atoms with van der Waals surface area (Å²) in [7, 11) is -5.76. The highest BCUT2D eigenvalue weighted by Crippen LogP contribution is 2.27. The Labute approximate surface area is 118 Å². The molecule has 0 unspecified atom stereocenters. The highest BCUT2D eigenvalue weighted by molar-refractivity contribution is 7.99. The summed E-state index contributed by atoms with van der Waals surface area (Å²) in [5.74, 6) is -0.300. The van der Waals surface area contributed by atoms with Gasteiger partial charge in [-0.1, -0.05) is 25.1 Å². The fourth-order valence-electron chi connectivity index (χ4n) is 0.995. The maximum Gasteiger partial charge on any atom is 0.534 e. The van der Waals surface area contributed by atoms with Gasteiger partial charge in [-0.25, -0.2) is 4.98 Å². The Morgan fingerprint density at radius 1 is 1.40 bits per heavy atom. The zero-order chi connectivity index (χ0) is 15.4. The van der Waals surface area contributed by atoms with E-state index in [4.69, 9.17) is 5.73 Å². The Morgan fingerprint density at radius 2 is 2.05 bits per heavy atom. The van der Waals surface area contributed by atoms with Gasteiger partial charge in [0, 0.05) is 11.8 Å². The van der Waals surface area contributed by atoms with Crippen molar-refractivity contribution in [2.75, 3.05) is 11.5 Å². The van der Waals surface area contributed by atoms with Crippen molar-refractivity contribution in [1.82, 2.24) is 9.97 Å². The van der Waals surface area contributed by atoms with Gasteiger partial charge in [0.25, 0.3) is 0 Å². The topological polar surface area (TPSA) is 95.2 Å². The van der Waals surface area contributed by atoms with Gasteiger partial charge in [-0.05, 0) is 6.42 Å². The summed E-state index contributed by atoms with van der Waals surface area (Å²) in [4.78, 5) is 7.35. The first-order valence-corrected chi connectivity index (χ1v) is 7.83. The summed E-state index contributed by atoms with van der Waals surface area (Å²) in [5, 5.41) is 0.0609. The third-order valence-corrected chi connectivity index (χ3v) is 3.80. The number of hydrogen-bond acceptors (Lipinski definition) is 7. The Kier molecular flexibility index (Phi) is 5.45. The van der Waals surface area contributed by atoms with Crippen LogP contribution in [-0.2, 0) is 10.1 Å². The van der Waals surface area contributed by atoms with Gasteiger partial charge < -0.3 is 9.92 Å². The molecule has 0 atom stereocenters. The second-order valence-electron chi connectivity index (χ2n) is 3.60. The van der Waals surface area contributed by atoms with E-state index < -0.39 is 21.5 Å². The van der Waals surface area contributed by atoms with Gasteiger partial charge in [-0.15, -0.1) is 0 Å². The number of thioether (sulfide) groups is 1. The van der Waals surface area contributed by atoms with Crippen molar-refractivity contribution in [3.8, 4) is 5.88 Å². The Balaban J connectivity index is 2.91. The second kappa shape index (κ2) is 6.48. The van der Waals surface area contributed by atoms with Crippen LogP contribution in [0.15, 0.2) is 11.2 Å². The highest BCUT2D eigenvalue weighted by Gasteiger charge is 2.48. The molecule has 0 amide bonds. The summed E-state index contributed by atoms with van der Waals surface area (Å²) in [6, 6.07) is 0.813. The van der Waals surface area contributed by atoms with Crippen LogP contribution in [0.25, 0.3) is 0 Å². The quantitative estimate of drug-likeness (QED) is 0.281. The number of rotatable bonds is 6. The third-order valence-electron chi connectivity index (χ3n) is 1.91. The predicted molar refractivity (Wildman–Crippen MR) is 67.7 cm³/mol. The molecule has 0 saturated carbocycles. The first-order valence-electron chi connectivity index (χ1n) is 5.44. The van der Waals surface area contributed by atoms with Gasteiger partial charge in [-0.3, -0.25) is 0 Å². The molecule has 0 bridgehead atoms. The molecule has 0 aromatic carbocycles. The highest BCUT2D eigenvalue weighted by atomic mass is 32.2. The molecule has 6 nitrogen and oxygen atoms in total. The molecule has 1 rings (SSSR count). The van der Waals surface area contributed by atoms with Crippen LogP contribution in [0, 0.1) is 0 Å². The van der Waals surface area contributed by atoms with E-state index in [9.17, 15) is 21.6 Å². The molecule has 11 heteroatoms. The molecular weight excluding hydrogens is 319 g/mol. The fourth-order valence-corrected chi connectivity index (χ4v) is 2.34. The first kappa shape index (κ1) is 16.8. The molecule has 0 aliphatic carbocycles. The molecule has 0 radical (unpaired) electrons. The van der Waals surface area contributed by atoms with Crippen molar-refractivity contribution in [2.45, 2.75) is 30.4 Å². The average Bonchev–Trinajstić information content (AvgIpc) is 2.26. The van der Waals surface area contributed by atoms with Crippen LogP contribution in [0.3, 0.4) is 0 Å². The van der Waals surface area contributed by atoms with E-state index in [0.717, 1.165) is 30.7 Å². The number of aromatic nitrogens is 2. The standard InChI is InChI=1S/C9H12F3N3O3S2/c1-2-3-4-19-8-14-6(13)5-7(15-8)18-20(16,17)9(10,11)12/h5H,2-4H2,1H3,(H2,13,14,15). The summed E-state index contributed by atoms with van der Waals surface area (Å²) in [6.07, 6.45) is 1.76. The molecule has 0 saturated heterocycles. The van der Waals surface area contributed by atoms with E-state index in [1.54, 1.807) is 0 Å². The minimum absolute atomic E-state index is 0.0609. The number of hydrogen-bond donors (Lipinski definition) is 1. The van der Waals surface area contributed by atoms with Crippen LogP contribution in [0.5, 0.6) is 5.88 Å². The predicted octanol–water partition coefficient (Wildman–Crippen LogP) is 2.18. The van der Waals surface area contributed by atoms with Crippen molar-refractivity contribution in [3.05, 3.63) is 6.07 Å². The fraction of sp³-hybridized carbons (Fsp3) is 0.556. The lowest BCUT2D eigenvalue weighted by atomic mass is 10.4. The summed E-state index contributed by atoms with van der Waals surface area (Å²) >= 11 is 1.15. The molecule has 2 N–H and O–H groups in total. The number of nitrogen functional groups attached to an aromatic ring is 1. The first-order chi connectivity index (χ1) is 9.15. The average molecular weight is 331 g/mol. The molecule has 1 heterocycles. The lowest BCUT2D eigenvalue weighted by Gasteiger charge is -2.09. The van der Waals surface area contributed by atoms with E-state index in [1.807, 2.05) is 6.92 Å². The summed E-state index contributed by atoms with van der Waals surface area (Å²) < 4.78 is 62.1. The van der Waals surface area contributed by atoms with Crippen LogP contribution in [0.1, 0.15) is 19.8 Å². The van der Waals surface area contributed by atoms with Gasteiger partial charge in [-0.2, -0.15) is 26.6 Å². The molecule has 114 valence electrons. The molecule has 0 spiro atoms. The molecule has 1 aromatic rings. The Hall–Kier alpha value is -1.23. The normalized spacial score (nSPS) is 12.4. The maximum absolute atomic E-state index is 12.2. The van der Waals surface area contributed by atoms with Crippen LogP contribution < -0.4 is 9.92 Å². The largest absolute Gasteiger partial charge is 0.534 e. The van der Waals surface area contributed by atoms with Gasteiger partial charge in [0.2, 0.25) is 5.88 Å². The van der Waals surface area contributed by atoms with E-state index in [2.05, 4.69) is 14.2 Å². The molecule has 0 aliphatic rings. The maximum atomic E-state index is 12.2. The number of anilines is 1. The number of halogens is 3. The van der Waals surface area contributed by atoms with Gasteiger partial charge >= 0.3 is 15.6 Å². The molecule has 20 heavy (non-hydrogen) atoms. The second-order valence-corrected chi connectivity index (χ2v) is 6.20. The molecule has 0 fully saturated rings. The Morgan fingerprint density at radius 3 is 2.60 bits per heavy atom. The van der Waals surface area contributed by atoms with Crippen LogP contribution in [0.2, 0.25) is 0 Å². The minimum Gasteiger partial charge on any atom is -0.383 e. The van der Waals surface area contributed by atoms with E-state index >= 15 is 0 Å². The number of alkyl halides is 3. The van der Waals surface area contributed by atoms with Gasteiger partial charge in [0.15, 0.2) is 5.16 Å².